The van der Waals surface area contributed by atoms with Crippen molar-refractivity contribution in [1.82, 2.24) is 49.9 Å². The Morgan fingerprint density at radius 1 is 0.733 bits per heavy atom. The molecule has 0 unspecified atom stereocenters. The van der Waals surface area contributed by atoms with Crippen molar-refractivity contribution >= 4 is 20.0 Å². The minimum atomic E-state index is -1.19. The molecule has 2 aliphatic rings. The van der Waals surface area contributed by atoms with Gasteiger partial charge in [0.05, 0.1) is 12.2 Å². The van der Waals surface area contributed by atoms with Crippen molar-refractivity contribution < 1.29 is 43.1 Å². The number of pyridine rings is 4. The van der Waals surface area contributed by atoms with E-state index in [2.05, 4.69) is 64.8 Å². The van der Waals surface area contributed by atoms with Crippen LogP contribution in [-0.4, -0.2) is 107 Å². The Morgan fingerprint density at radius 2 is 1.32 bits per heavy atom. The SMILES string of the molecule is Cc1cc(OCC2(C(=O)O)CC2)ncc1-c1ccc(-c2nc(OC(C)C)n[nH]2)nc1.Cc1cc(OCC2(C(=O)OCc3ccccc3)CC2)ncc1-c1ccc(-c2nc(OC(C)C)n(COCC[Si](C)(C)C)n2)nc1. The minimum Gasteiger partial charge on any atom is -0.481 e. The Bertz CT molecular complexity index is 3040. The molecule has 6 aromatic heterocycles. The smallest absolute Gasteiger partial charge is 0.336 e. The number of aryl methyl sites for hydroxylation is 2. The second kappa shape index (κ2) is 23.3. The summed E-state index contributed by atoms with van der Waals surface area (Å²) in [7, 11) is -1.19. The monoisotopic (exact) mass is 1040 g/mol. The summed E-state index contributed by atoms with van der Waals surface area (Å²) < 4.78 is 36.1. The first-order valence-electron chi connectivity index (χ1n) is 25.2. The number of carboxylic acid groups (broad SMARTS) is 1. The summed E-state index contributed by atoms with van der Waals surface area (Å²) in [5, 5.41) is 20.7. The summed E-state index contributed by atoms with van der Waals surface area (Å²) in [5.41, 5.74) is 6.52. The van der Waals surface area contributed by atoms with Gasteiger partial charge in [-0.3, -0.25) is 24.7 Å². The first kappa shape index (κ1) is 53.7. The number of aromatic nitrogens is 10. The van der Waals surface area contributed by atoms with E-state index in [4.69, 9.17) is 28.4 Å². The average Bonchev–Trinajstić information content (AvgIpc) is 4.28. The maximum atomic E-state index is 12.8. The van der Waals surface area contributed by atoms with Crippen molar-refractivity contribution in [1.29, 1.82) is 0 Å². The number of benzene rings is 1. The van der Waals surface area contributed by atoms with Crippen molar-refractivity contribution in [2.75, 3.05) is 19.8 Å². The summed E-state index contributed by atoms with van der Waals surface area (Å²) in [6, 6.07) is 22.8. The van der Waals surface area contributed by atoms with Gasteiger partial charge in [-0.25, -0.2) is 9.97 Å². The van der Waals surface area contributed by atoms with Crippen LogP contribution in [0.5, 0.6) is 23.8 Å². The Kier molecular flexibility index (Phi) is 16.7. The number of hydrogen-bond acceptors (Lipinski definition) is 16. The zero-order valence-corrected chi connectivity index (χ0v) is 45.1. The van der Waals surface area contributed by atoms with Crippen molar-refractivity contribution in [3.63, 3.8) is 0 Å². The molecule has 19 nitrogen and oxygen atoms in total. The summed E-state index contributed by atoms with van der Waals surface area (Å²) in [4.78, 5) is 50.9. The Balaban J connectivity index is 0.000000216. The van der Waals surface area contributed by atoms with E-state index < -0.39 is 24.9 Å². The van der Waals surface area contributed by atoms with Crippen LogP contribution in [0.15, 0.2) is 91.5 Å². The van der Waals surface area contributed by atoms with Crippen LogP contribution in [0, 0.1) is 24.7 Å². The molecule has 2 fully saturated rings. The van der Waals surface area contributed by atoms with Crippen LogP contribution in [0.3, 0.4) is 0 Å². The third-order valence-electron chi connectivity index (χ3n) is 12.6. The van der Waals surface area contributed by atoms with Crippen LogP contribution < -0.4 is 18.9 Å². The van der Waals surface area contributed by atoms with Gasteiger partial charge in [0.2, 0.25) is 17.6 Å². The lowest BCUT2D eigenvalue weighted by molar-refractivity contribution is -0.153. The van der Waals surface area contributed by atoms with Gasteiger partial charge < -0.3 is 33.5 Å². The molecule has 394 valence electrons. The Morgan fingerprint density at radius 3 is 1.84 bits per heavy atom. The molecular weight excluding hydrogens is 973 g/mol. The van der Waals surface area contributed by atoms with Crippen LogP contribution in [0.2, 0.25) is 25.7 Å². The number of carboxylic acids is 1. The third kappa shape index (κ3) is 14.4. The Hall–Kier alpha value is -7.58. The van der Waals surface area contributed by atoms with Gasteiger partial charge in [-0.2, -0.15) is 14.6 Å². The molecule has 20 heteroatoms. The predicted octanol–water partition coefficient (Wildman–Crippen LogP) is 9.98. The number of aliphatic carboxylic acids is 1. The van der Waals surface area contributed by atoms with Crippen molar-refractivity contribution in [3.05, 3.63) is 108 Å². The number of H-pyrrole nitrogens is 1. The van der Waals surface area contributed by atoms with E-state index >= 15 is 0 Å². The quantitative estimate of drug-likeness (QED) is 0.0344. The largest absolute Gasteiger partial charge is 0.481 e. The fraction of sp³-hybridized carbons (Fsp3) is 0.418. The van der Waals surface area contributed by atoms with Crippen LogP contribution in [-0.2, 0) is 32.4 Å². The van der Waals surface area contributed by atoms with Crippen molar-refractivity contribution in [2.24, 2.45) is 10.8 Å². The lowest BCUT2D eigenvalue weighted by atomic mass is 10.0. The van der Waals surface area contributed by atoms with Gasteiger partial charge in [0.15, 0.2) is 5.82 Å². The molecule has 2 aliphatic carbocycles. The molecule has 6 heterocycles. The maximum absolute atomic E-state index is 12.8. The molecule has 0 aliphatic heterocycles. The van der Waals surface area contributed by atoms with Gasteiger partial charge in [0.1, 0.15) is 48.8 Å². The molecule has 0 atom stereocenters. The number of nitrogens with one attached hydrogen (secondary N) is 1. The molecule has 2 saturated carbocycles. The fourth-order valence-electron chi connectivity index (χ4n) is 7.60. The van der Waals surface area contributed by atoms with Gasteiger partial charge >= 0.3 is 24.0 Å². The first-order valence-corrected chi connectivity index (χ1v) is 28.9. The Labute approximate surface area is 437 Å². The van der Waals surface area contributed by atoms with E-state index in [1.54, 1.807) is 29.5 Å². The van der Waals surface area contributed by atoms with Crippen molar-refractivity contribution in [2.45, 2.75) is 118 Å². The highest BCUT2D eigenvalue weighted by Gasteiger charge is 2.53. The van der Waals surface area contributed by atoms with Gasteiger partial charge in [-0.15, -0.1) is 10.2 Å². The number of nitrogens with zero attached hydrogens (tertiary/aromatic N) is 9. The fourth-order valence-corrected chi connectivity index (χ4v) is 8.36. The van der Waals surface area contributed by atoms with Crippen LogP contribution in [0.1, 0.15) is 70.1 Å². The molecule has 2 N–H and O–H groups in total. The second-order valence-electron chi connectivity index (χ2n) is 20.9. The molecule has 0 amide bonds. The number of carbonyl (C=O) groups is 2. The molecule has 0 saturated heterocycles. The highest BCUT2D eigenvalue weighted by molar-refractivity contribution is 6.76. The van der Waals surface area contributed by atoms with Gasteiger partial charge in [0.25, 0.3) is 0 Å². The summed E-state index contributed by atoms with van der Waals surface area (Å²) in [6.45, 7) is 20.2. The molecule has 0 spiro atoms. The van der Waals surface area contributed by atoms with Gasteiger partial charge in [-0.1, -0.05) is 62.1 Å². The average molecular weight is 1040 g/mol. The van der Waals surface area contributed by atoms with Crippen LogP contribution in [0.4, 0.5) is 0 Å². The third-order valence-corrected chi connectivity index (χ3v) is 14.3. The second-order valence-corrected chi connectivity index (χ2v) is 26.5. The van der Waals surface area contributed by atoms with Gasteiger partial charge in [-0.05, 0) is 102 Å². The highest BCUT2D eigenvalue weighted by atomic mass is 28.3. The first-order chi connectivity index (χ1) is 35.9. The lowest BCUT2D eigenvalue weighted by Crippen LogP contribution is -2.26. The molecule has 75 heavy (non-hydrogen) atoms. The normalized spacial score (nSPS) is 14.2. The number of rotatable bonds is 23. The number of carbonyl (C=O) groups excluding carboxylic acids is 1. The standard InChI is InChI=1S/C34H43N5O5Si.C21H23N5O4/c1-24(2)44-33-37-31(38-39(33)23-41-16-17-45(4,5)6)29-13-12-27(19-35-29)28-20-36-30(18-25(28)3)43-22-34(14-15-34)32(40)42-21-26-10-8-7-9-11-26;1-12(2)30-20-24-18(25-26-20)16-5-4-14(9-22-16)15-10-23-17(8-13(15)3)29-11-21(6-7-21)19(27)28/h7-13,18-20,24H,14-17,21-23H2,1-6H3;4-5,8-10,12H,6-7,11H2,1-3H3,(H,27,28)(H,24,25,26). The van der Waals surface area contributed by atoms with E-state index in [1.165, 1.54) is 0 Å². The maximum Gasteiger partial charge on any atom is 0.336 e. The van der Waals surface area contributed by atoms with Gasteiger partial charge in [0, 0.05) is 73.9 Å². The van der Waals surface area contributed by atoms with E-state index in [0.29, 0.717) is 60.3 Å². The summed E-state index contributed by atoms with van der Waals surface area (Å²) >= 11 is 0. The predicted molar refractivity (Wildman–Crippen MR) is 283 cm³/mol. The number of esters is 1. The summed E-state index contributed by atoms with van der Waals surface area (Å²) in [6.07, 6.45) is 9.75. The molecule has 7 aromatic rings. The molecule has 1 aromatic carbocycles. The molecule has 0 radical (unpaired) electrons. The topological polar surface area (TPSA) is 234 Å². The van der Waals surface area contributed by atoms with E-state index in [9.17, 15) is 14.7 Å². The molecule has 0 bridgehead atoms. The van der Waals surface area contributed by atoms with Crippen LogP contribution >= 0.6 is 0 Å². The number of aromatic amines is 1. The molecular formula is C55H66N10O9Si. The highest BCUT2D eigenvalue weighted by Crippen LogP contribution is 2.48. The number of ether oxygens (including phenoxy) is 6. The van der Waals surface area contributed by atoms with E-state index in [0.717, 1.165) is 57.8 Å². The lowest BCUT2D eigenvalue weighted by Gasteiger charge is -2.16. The minimum absolute atomic E-state index is 0.00894. The number of hydrogen-bond donors (Lipinski definition) is 2. The van der Waals surface area contributed by atoms with Crippen LogP contribution in [0.25, 0.3) is 45.3 Å². The summed E-state index contributed by atoms with van der Waals surface area (Å²) in [5.74, 6) is 0.874. The molecule has 9 rings (SSSR count). The zero-order chi connectivity index (χ0) is 53.3. The van der Waals surface area contributed by atoms with E-state index in [1.807, 2.05) is 108 Å². The van der Waals surface area contributed by atoms with Crippen molar-refractivity contribution in [3.8, 4) is 69.1 Å². The zero-order valence-electron chi connectivity index (χ0n) is 44.1. The van der Waals surface area contributed by atoms with E-state index in [-0.39, 0.29) is 50.7 Å².